The highest BCUT2D eigenvalue weighted by Crippen LogP contribution is 2.25. The smallest absolute Gasteiger partial charge is 0.332 e. The number of anilines is 1. The van der Waals surface area contributed by atoms with Crippen molar-refractivity contribution >= 4 is 23.5 Å². The number of hydrogen-bond donors (Lipinski definition) is 0. The summed E-state index contributed by atoms with van der Waals surface area (Å²) < 4.78 is 13.0. The van der Waals surface area contributed by atoms with Crippen LogP contribution in [-0.4, -0.2) is 54.3 Å². The average Bonchev–Trinajstić information content (AvgIpc) is 2.64. The SMILES string of the molecule is C[C@H]1C(=O)N(CC(=O)N(C)C)C(=O)N1c1ccc(F)cc1. The van der Waals surface area contributed by atoms with Gasteiger partial charge in [-0.2, -0.15) is 0 Å². The minimum atomic E-state index is -0.724. The van der Waals surface area contributed by atoms with Gasteiger partial charge < -0.3 is 4.90 Å². The number of hydrogen-bond acceptors (Lipinski definition) is 3. The summed E-state index contributed by atoms with van der Waals surface area (Å²) in [5.41, 5.74) is 0.419. The first-order valence-corrected chi connectivity index (χ1v) is 6.43. The van der Waals surface area contributed by atoms with E-state index >= 15 is 0 Å². The van der Waals surface area contributed by atoms with E-state index < -0.39 is 23.8 Å². The molecule has 0 N–H and O–H groups in total. The third-order valence-electron chi connectivity index (χ3n) is 3.34. The molecule has 7 heteroatoms. The number of halogens is 1. The van der Waals surface area contributed by atoms with Crippen LogP contribution in [0.1, 0.15) is 6.92 Å². The minimum absolute atomic E-state index is 0.299. The molecule has 0 radical (unpaired) electrons. The summed E-state index contributed by atoms with van der Waals surface area (Å²) in [5.74, 6) is -1.21. The number of rotatable bonds is 3. The monoisotopic (exact) mass is 293 g/mol. The molecule has 0 aliphatic carbocycles. The summed E-state index contributed by atoms with van der Waals surface area (Å²) in [6, 6.07) is 3.98. The van der Waals surface area contributed by atoms with Crippen molar-refractivity contribution in [3.05, 3.63) is 30.1 Å². The van der Waals surface area contributed by atoms with Crippen LogP contribution in [0.2, 0.25) is 0 Å². The van der Waals surface area contributed by atoms with Crippen LogP contribution in [0.25, 0.3) is 0 Å². The zero-order chi connectivity index (χ0) is 15.7. The van der Waals surface area contributed by atoms with Crippen molar-refractivity contribution in [2.45, 2.75) is 13.0 Å². The van der Waals surface area contributed by atoms with Gasteiger partial charge in [0.1, 0.15) is 18.4 Å². The van der Waals surface area contributed by atoms with Gasteiger partial charge in [-0.05, 0) is 31.2 Å². The predicted octanol–water partition coefficient (Wildman–Crippen LogP) is 1.07. The van der Waals surface area contributed by atoms with Crippen LogP contribution in [0, 0.1) is 5.82 Å². The van der Waals surface area contributed by atoms with Crippen molar-refractivity contribution in [3.8, 4) is 0 Å². The maximum Gasteiger partial charge on any atom is 0.332 e. The summed E-state index contributed by atoms with van der Waals surface area (Å²) >= 11 is 0. The number of amides is 4. The minimum Gasteiger partial charge on any atom is -0.347 e. The highest BCUT2D eigenvalue weighted by molar-refractivity contribution is 6.15. The topological polar surface area (TPSA) is 60.9 Å². The molecule has 1 heterocycles. The van der Waals surface area contributed by atoms with Crippen LogP contribution in [0.4, 0.5) is 14.9 Å². The molecule has 1 aromatic rings. The van der Waals surface area contributed by atoms with E-state index in [0.29, 0.717) is 5.69 Å². The second-order valence-electron chi connectivity index (χ2n) is 5.02. The quantitative estimate of drug-likeness (QED) is 0.783. The van der Waals surface area contributed by atoms with Crippen LogP contribution >= 0.6 is 0 Å². The van der Waals surface area contributed by atoms with Gasteiger partial charge in [0.15, 0.2) is 0 Å². The molecular formula is C14H16FN3O3. The Morgan fingerprint density at radius 2 is 1.81 bits per heavy atom. The van der Waals surface area contributed by atoms with Gasteiger partial charge in [-0.1, -0.05) is 0 Å². The number of nitrogens with zero attached hydrogens (tertiary/aromatic N) is 3. The van der Waals surface area contributed by atoms with Crippen LogP contribution in [0.15, 0.2) is 24.3 Å². The molecule has 1 aromatic carbocycles. The third-order valence-corrected chi connectivity index (χ3v) is 3.34. The van der Waals surface area contributed by atoms with Gasteiger partial charge in [-0.25, -0.2) is 9.18 Å². The Balaban J connectivity index is 2.26. The molecule has 0 aromatic heterocycles. The van der Waals surface area contributed by atoms with Crippen molar-refractivity contribution in [3.63, 3.8) is 0 Å². The first-order valence-electron chi connectivity index (χ1n) is 6.43. The molecule has 112 valence electrons. The number of imide groups is 1. The van der Waals surface area contributed by atoms with Crippen molar-refractivity contribution in [2.75, 3.05) is 25.5 Å². The van der Waals surface area contributed by atoms with E-state index in [0.717, 1.165) is 4.90 Å². The van der Waals surface area contributed by atoms with E-state index in [9.17, 15) is 18.8 Å². The van der Waals surface area contributed by atoms with E-state index in [-0.39, 0.29) is 12.5 Å². The maximum atomic E-state index is 13.0. The highest BCUT2D eigenvalue weighted by atomic mass is 19.1. The van der Waals surface area contributed by atoms with Gasteiger partial charge in [0.25, 0.3) is 5.91 Å². The summed E-state index contributed by atoms with van der Waals surface area (Å²) in [5, 5.41) is 0. The van der Waals surface area contributed by atoms with Crippen LogP contribution in [0.3, 0.4) is 0 Å². The summed E-state index contributed by atoms with van der Waals surface area (Å²) in [4.78, 5) is 39.7. The Bertz CT molecular complexity index is 586. The molecule has 0 bridgehead atoms. The fourth-order valence-corrected chi connectivity index (χ4v) is 2.08. The number of carbonyl (C=O) groups is 3. The van der Waals surface area contributed by atoms with E-state index in [2.05, 4.69) is 0 Å². The Hall–Kier alpha value is -2.44. The van der Waals surface area contributed by atoms with Gasteiger partial charge >= 0.3 is 6.03 Å². The largest absolute Gasteiger partial charge is 0.347 e. The van der Waals surface area contributed by atoms with E-state index in [4.69, 9.17) is 0 Å². The van der Waals surface area contributed by atoms with E-state index in [1.165, 1.54) is 34.1 Å². The number of carbonyl (C=O) groups excluding carboxylic acids is 3. The lowest BCUT2D eigenvalue weighted by Crippen LogP contribution is -2.41. The van der Waals surface area contributed by atoms with Crippen molar-refractivity contribution < 1.29 is 18.8 Å². The Morgan fingerprint density at radius 1 is 1.24 bits per heavy atom. The van der Waals surface area contributed by atoms with Crippen molar-refractivity contribution in [2.24, 2.45) is 0 Å². The molecule has 2 rings (SSSR count). The van der Waals surface area contributed by atoms with Gasteiger partial charge in [0.05, 0.1) is 0 Å². The van der Waals surface area contributed by atoms with E-state index in [1.54, 1.807) is 21.0 Å². The lowest BCUT2D eigenvalue weighted by molar-refractivity contribution is -0.135. The standard InChI is InChI=1S/C14H16FN3O3/c1-9-13(20)17(8-12(19)16(2)3)14(21)18(9)11-6-4-10(15)5-7-11/h4-7,9H,8H2,1-3H3/t9-/m0/s1. The highest BCUT2D eigenvalue weighted by Gasteiger charge is 2.44. The van der Waals surface area contributed by atoms with Gasteiger partial charge in [-0.3, -0.25) is 19.4 Å². The molecule has 4 amide bonds. The zero-order valence-electron chi connectivity index (χ0n) is 12.0. The molecule has 1 atom stereocenters. The summed E-state index contributed by atoms with van der Waals surface area (Å²) in [7, 11) is 3.10. The van der Waals surface area contributed by atoms with Gasteiger partial charge in [0.2, 0.25) is 5.91 Å². The fraction of sp³-hybridized carbons (Fsp3) is 0.357. The molecular weight excluding hydrogens is 277 g/mol. The van der Waals surface area contributed by atoms with Crippen LogP contribution in [-0.2, 0) is 9.59 Å². The summed E-state index contributed by atoms with van der Waals surface area (Å²) in [6.45, 7) is 1.27. The Kier molecular flexibility index (Phi) is 3.93. The maximum absolute atomic E-state index is 13.0. The molecule has 0 saturated carbocycles. The molecule has 6 nitrogen and oxygen atoms in total. The normalized spacial score (nSPS) is 18.4. The van der Waals surface area contributed by atoms with Gasteiger partial charge in [-0.15, -0.1) is 0 Å². The zero-order valence-corrected chi connectivity index (χ0v) is 12.0. The van der Waals surface area contributed by atoms with Crippen LogP contribution < -0.4 is 4.90 Å². The number of benzene rings is 1. The lowest BCUT2D eigenvalue weighted by Gasteiger charge is -2.19. The van der Waals surface area contributed by atoms with E-state index in [1.807, 2.05) is 0 Å². The Labute approximate surface area is 121 Å². The third kappa shape index (κ3) is 2.72. The molecule has 1 aliphatic heterocycles. The second-order valence-corrected chi connectivity index (χ2v) is 5.02. The first-order chi connectivity index (χ1) is 9.82. The Morgan fingerprint density at radius 3 is 2.33 bits per heavy atom. The van der Waals surface area contributed by atoms with Crippen molar-refractivity contribution in [1.29, 1.82) is 0 Å². The number of likely N-dealkylation sites (N-methyl/N-ethyl adjacent to an activating group) is 1. The number of urea groups is 1. The molecule has 21 heavy (non-hydrogen) atoms. The summed E-state index contributed by atoms with van der Waals surface area (Å²) in [6.07, 6.45) is 0. The lowest BCUT2D eigenvalue weighted by atomic mass is 10.2. The molecule has 1 fully saturated rings. The van der Waals surface area contributed by atoms with Crippen molar-refractivity contribution in [1.82, 2.24) is 9.80 Å². The van der Waals surface area contributed by atoms with Crippen LogP contribution in [0.5, 0.6) is 0 Å². The average molecular weight is 293 g/mol. The fourth-order valence-electron chi connectivity index (χ4n) is 2.08. The molecule has 1 aliphatic rings. The molecule has 1 saturated heterocycles. The second kappa shape index (κ2) is 5.51. The molecule has 0 unspecified atom stereocenters. The van der Waals surface area contributed by atoms with Gasteiger partial charge in [0, 0.05) is 19.8 Å². The predicted molar refractivity (Wildman–Crippen MR) is 74.1 cm³/mol. The molecule has 0 spiro atoms. The first kappa shape index (κ1) is 15.0.